The Bertz CT molecular complexity index is 469. The van der Waals surface area contributed by atoms with Crippen molar-refractivity contribution in [2.24, 2.45) is 4.99 Å². The van der Waals surface area contributed by atoms with Crippen molar-refractivity contribution in [1.82, 2.24) is 10.6 Å². The molecular formula is C15H24BrN3OS. The van der Waals surface area contributed by atoms with Crippen LogP contribution >= 0.6 is 27.7 Å². The van der Waals surface area contributed by atoms with E-state index in [0.717, 1.165) is 42.4 Å². The predicted molar refractivity (Wildman–Crippen MR) is 94.2 cm³/mol. The van der Waals surface area contributed by atoms with Crippen molar-refractivity contribution >= 4 is 33.7 Å². The van der Waals surface area contributed by atoms with Crippen LogP contribution in [0.25, 0.3) is 0 Å². The summed E-state index contributed by atoms with van der Waals surface area (Å²) < 4.78 is 6.59. The summed E-state index contributed by atoms with van der Waals surface area (Å²) in [7, 11) is 0. The van der Waals surface area contributed by atoms with Gasteiger partial charge in [0.25, 0.3) is 0 Å². The lowest BCUT2D eigenvalue weighted by Gasteiger charge is -2.21. The van der Waals surface area contributed by atoms with Gasteiger partial charge in [0.05, 0.1) is 6.54 Å². The van der Waals surface area contributed by atoms with Crippen molar-refractivity contribution in [1.29, 1.82) is 0 Å². The van der Waals surface area contributed by atoms with Crippen molar-refractivity contribution in [3.63, 3.8) is 0 Å². The van der Waals surface area contributed by atoms with Gasteiger partial charge < -0.3 is 15.1 Å². The van der Waals surface area contributed by atoms with Crippen LogP contribution in [0.2, 0.25) is 0 Å². The minimum Gasteiger partial charge on any atom is -0.454 e. The van der Waals surface area contributed by atoms with Crippen molar-refractivity contribution in [3.8, 4) is 0 Å². The van der Waals surface area contributed by atoms with Crippen molar-refractivity contribution < 1.29 is 4.42 Å². The molecule has 0 radical (unpaired) electrons. The molecule has 1 aromatic heterocycles. The maximum absolute atomic E-state index is 5.50. The highest BCUT2D eigenvalue weighted by atomic mass is 79.9. The molecule has 21 heavy (non-hydrogen) atoms. The molecule has 1 atom stereocenters. The smallest absolute Gasteiger partial charge is 0.191 e. The second-order valence-corrected chi connectivity index (χ2v) is 7.94. The zero-order chi connectivity index (χ0) is 15.1. The largest absolute Gasteiger partial charge is 0.454 e. The van der Waals surface area contributed by atoms with Gasteiger partial charge in [-0.15, -0.1) is 0 Å². The summed E-state index contributed by atoms with van der Waals surface area (Å²) in [6.45, 7) is 6.97. The van der Waals surface area contributed by atoms with Crippen LogP contribution in [0.3, 0.4) is 0 Å². The first-order valence-electron chi connectivity index (χ1n) is 7.52. The first-order valence-corrected chi connectivity index (χ1v) is 9.29. The van der Waals surface area contributed by atoms with Gasteiger partial charge in [-0.25, -0.2) is 0 Å². The molecule has 0 aromatic carbocycles. The number of furan rings is 1. The van der Waals surface area contributed by atoms with Crippen LogP contribution in [0.1, 0.15) is 32.4 Å². The average molecular weight is 374 g/mol. The Hall–Kier alpha value is -0.620. The first-order chi connectivity index (χ1) is 10.1. The molecule has 0 bridgehead atoms. The van der Waals surface area contributed by atoms with Gasteiger partial charge in [0.15, 0.2) is 10.6 Å². The summed E-state index contributed by atoms with van der Waals surface area (Å²) in [5, 5.41) is 6.68. The highest BCUT2D eigenvalue weighted by Crippen LogP contribution is 2.37. The van der Waals surface area contributed by atoms with Crippen molar-refractivity contribution in [2.75, 3.05) is 25.4 Å². The van der Waals surface area contributed by atoms with Gasteiger partial charge in [-0.05, 0) is 60.5 Å². The molecule has 2 heterocycles. The van der Waals surface area contributed by atoms with E-state index in [4.69, 9.17) is 9.41 Å². The van der Waals surface area contributed by atoms with Gasteiger partial charge in [-0.1, -0.05) is 0 Å². The van der Waals surface area contributed by atoms with Crippen LogP contribution in [0.15, 0.2) is 26.2 Å². The third kappa shape index (κ3) is 5.58. The lowest BCUT2D eigenvalue weighted by Crippen LogP contribution is -2.39. The number of rotatable bonds is 6. The van der Waals surface area contributed by atoms with Crippen LogP contribution in [-0.2, 0) is 6.42 Å². The van der Waals surface area contributed by atoms with E-state index in [9.17, 15) is 0 Å². The highest BCUT2D eigenvalue weighted by molar-refractivity contribution is 9.10. The monoisotopic (exact) mass is 373 g/mol. The zero-order valence-corrected chi connectivity index (χ0v) is 15.1. The molecule has 0 amide bonds. The SMILES string of the molecule is CCNC(=NCC1(C)CCCS1)NCCc1ccc(Br)o1. The molecule has 0 saturated carbocycles. The fraction of sp³-hybridized carbons (Fsp3) is 0.667. The van der Waals surface area contributed by atoms with Crippen molar-refractivity contribution in [3.05, 3.63) is 22.6 Å². The van der Waals surface area contributed by atoms with E-state index in [-0.39, 0.29) is 0 Å². The maximum Gasteiger partial charge on any atom is 0.191 e. The van der Waals surface area contributed by atoms with Gasteiger partial charge >= 0.3 is 0 Å². The molecule has 1 aliphatic heterocycles. The minimum atomic E-state index is 0.314. The topological polar surface area (TPSA) is 49.6 Å². The Morgan fingerprint density at radius 1 is 1.48 bits per heavy atom. The molecule has 0 spiro atoms. The zero-order valence-electron chi connectivity index (χ0n) is 12.7. The molecule has 1 aliphatic rings. The predicted octanol–water partition coefficient (Wildman–Crippen LogP) is 3.43. The van der Waals surface area contributed by atoms with E-state index in [0.29, 0.717) is 4.75 Å². The molecule has 2 rings (SSSR count). The maximum atomic E-state index is 5.50. The van der Waals surface area contributed by atoms with Crippen LogP contribution in [0.4, 0.5) is 0 Å². The number of guanidine groups is 1. The number of hydrogen-bond acceptors (Lipinski definition) is 3. The normalized spacial score (nSPS) is 22.5. The average Bonchev–Trinajstić information content (AvgIpc) is 3.06. The molecular weight excluding hydrogens is 350 g/mol. The number of thioether (sulfide) groups is 1. The van der Waals surface area contributed by atoms with Crippen LogP contribution < -0.4 is 10.6 Å². The van der Waals surface area contributed by atoms with E-state index in [1.165, 1.54) is 18.6 Å². The number of halogens is 1. The van der Waals surface area contributed by atoms with E-state index < -0.39 is 0 Å². The van der Waals surface area contributed by atoms with E-state index in [1.807, 2.05) is 23.9 Å². The van der Waals surface area contributed by atoms with Gasteiger partial charge in [0, 0.05) is 24.3 Å². The molecule has 1 unspecified atom stereocenters. The van der Waals surface area contributed by atoms with Gasteiger partial charge in [-0.3, -0.25) is 4.99 Å². The summed E-state index contributed by atoms with van der Waals surface area (Å²) in [6, 6.07) is 3.92. The van der Waals surface area contributed by atoms with Crippen LogP contribution in [0, 0.1) is 0 Å². The molecule has 1 fully saturated rings. The fourth-order valence-electron chi connectivity index (χ4n) is 2.34. The Morgan fingerprint density at radius 2 is 2.33 bits per heavy atom. The second-order valence-electron chi connectivity index (χ2n) is 5.48. The number of nitrogens with zero attached hydrogens (tertiary/aromatic N) is 1. The molecule has 1 saturated heterocycles. The Kier molecular flexibility index (Phi) is 6.48. The number of nitrogens with one attached hydrogen (secondary N) is 2. The Morgan fingerprint density at radius 3 is 2.95 bits per heavy atom. The van der Waals surface area contributed by atoms with Gasteiger partial charge in [-0.2, -0.15) is 11.8 Å². The van der Waals surface area contributed by atoms with E-state index in [2.05, 4.69) is 40.4 Å². The molecule has 118 valence electrons. The highest BCUT2D eigenvalue weighted by Gasteiger charge is 2.29. The number of aliphatic imine (C=N–C) groups is 1. The lowest BCUT2D eigenvalue weighted by molar-refractivity contribution is 0.486. The molecule has 1 aromatic rings. The van der Waals surface area contributed by atoms with E-state index in [1.54, 1.807) is 0 Å². The van der Waals surface area contributed by atoms with Gasteiger partial charge in [0.1, 0.15) is 5.76 Å². The van der Waals surface area contributed by atoms with E-state index >= 15 is 0 Å². The molecule has 0 aliphatic carbocycles. The molecule has 4 nitrogen and oxygen atoms in total. The second kappa shape index (κ2) is 8.13. The molecule has 6 heteroatoms. The summed E-state index contributed by atoms with van der Waals surface area (Å²) in [5.74, 6) is 3.14. The minimum absolute atomic E-state index is 0.314. The fourth-order valence-corrected chi connectivity index (χ4v) is 3.91. The summed E-state index contributed by atoms with van der Waals surface area (Å²) >= 11 is 5.37. The van der Waals surface area contributed by atoms with Crippen LogP contribution in [0.5, 0.6) is 0 Å². The van der Waals surface area contributed by atoms with Gasteiger partial charge in [0.2, 0.25) is 0 Å². The summed E-state index contributed by atoms with van der Waals surface area (Å²) in [6.07, 6.45) is 3.43. The third-order valence-corrected chi connectivity index (χ3v) is 5.46. The van der Waals surface area contributed by atoms with Crippen molar-refractivity contribution in [2.45, 2.75) is 37.9 Å². The first kappa shape index (κ1) is 16.7. The quantitative estimate of drug-likeness (QED) is 0.592. The summed E-state index contributed by atoms with van der Waals surface area (Å²) in [5.41, 5.74) is 0. The Balaban J connectivity index is 1.80. The standard InChI is InChI=1S/C15H24BrN3OS/c1-3-17-14(19-11-15(2)8-4-10-21-15)18-9-7-12-5-6-13(16)20-12/h5-6H,3-4,7-11H2,1-2H3,(H2,17,18,19). The lowest BCUT2D eigenvalue weighted by atomic mass is 10.1. The molecule has 2 N–H and O–H groups in total. The van der Waals surface area contributed by atoms with Crippen LogP contribution in [-0.4, -0.2) is 36.1 Å². The Labute approximate surface area is 139 Å². The number of hydrogen-bond donors (Lipinski definition) is 2. The summed E-state index contributed by atoms with van der Waals surface area (Å²) in [4.78, 5) is 4.74. The third-order valence-electron chi connectivity index (χ3n) is 3.51.